The van der Waals surface area contributed by atoms with Crippen LogP contribution in [0.25, 0.3) is 0 Å². The lowest BCUT2D eigenvalue weighted by Crippen LogP contribution is -2.47. The van der Waals surface area contributed by atoms with Crippen LogP contribution in [-0.4, -0.2) is 30.3 Å². The molecule has 1 saturated heterocycles. The van der Waals surface area contributed by atoms with Gasteiger partial charge < -0.3 is 9.64 Å². The van der Waals surface area contributed by atoms with E-state index in [1.54, 1.807) is 0 Å². The standard InChI is InChI=1S/C12H17BrN2O/c1-8-4-11(13)12(14-5-8)15-6-10(3)16-7-9(15)2/h4-5,9-10H,6-7H2,1-3H3. The number of nitrogens with zero attached hydrogens (tertiary/aromatic N) is 2. The molecular weight excluding hydrogens is 268 g/mol. The summed E-state index contributed by atoms with van der Waals surface area (Å²) < 4.78 is 6.68. The molecule has 88 valence electrons. The minimum Gasteiger partial charge on any atom is -0.375 e. The quantitative estimate of drug-likeness (QED) is 0.793. The minimum atomic E-state index is 0.270. The number of pyridine rings is 1. The van der Waals surface area contributed by atoms with Gasteiger partial charge >= 0.3 is 0 Å². The third-order valence-electron chi connectivity index (χ3n) is 2.84. The number of aryl methyl sites for hydroxylation is 1. The first-order valence-corrected chi connectivity index (χ1v) is 6.37. The normalized spacial score (nSPS) is 25.9. The van der Waals surface area contributed by atoms with Gasteiger partial charge in [-0.25, -0.2) is 4.98 Å². The predicted molar refractivity (Wildman–Crippen MR) is 68.9 cm³/mol. The predicted octanol–water partition coefficient (Wildman–Crippen LogP) is 2.77. The van der Waals surface area contributed by atoms with Crippen LogP contribution in [0.2, 0.25) is 0 Å². The number of ether oxygens (including phenoxy) is 1. The smallest absolute Gasteiger partial charge is 0.143 e. The van der Waals surface area contributed by atoms with Crippen LogP contribution in [-0.2, 0) is 4.74 Å². The maximum atomic E-state index is 5.62. The molecule has 0 amide bonds. The van der Waals surface area contributed by atoms with Crippen LogP contribution in [0.4, 0.5) is 5.82 Å². The lowest BCUT2D eigenvalue weighted by molar-refractivity contribution is 0.0340. The summed E-state index contributed by atoms with van der Waals surface area (Å²) in [5.41, 5.74) is 1.17. The van der Waals surface area contributed by atoms with E-state index in [1.807, 2.05) is 13.1 Å². The lowest BCUT2D eigenvalue weighted by atomic mass is 10.2. The second-order valence-electron chi connectivity index (χ2n) is 4.46. The lowest BCUT2D eigenvalue weighted by Gasteiger charge is -2.38. The highest BCUT2D eigenvalue weighted by atomic mass is 79.9. The Kier molecular flexibility index (Phi) is 3.50. The van der Waals surface area contributed by atoms with Gasteiger partial charge in [0.15, 0.2) is 0 Å². The van der Waals surface area contributed by atoms with Crippen molar-refractivity contribution in [1.82, 2.24) is 4.98 Å². The zero-order valence-electron chi connectivity index (χ0n) is 9.90. The minimum absolute atomic E-state index is 0.270. The third-order valence-corrected chi connectivity index (χ3v) is 3.42. The van der Waals surface area contributed by atoms with Crippen molar-refractivity contribution in [2.75, 3.05) is 18.1 Å². The number of halogens is 1. The van der Waals surface area contributed by atoms with E-state index in [2.05, 4.69) is 45.7 Å². The summed E-state index contributed by atoms with van der Waals surface area (Å²) in [6.45, 7) is 7.98. The fraction of sp³-hybridized carbons (Fsp3) is 0.583. The van der Waals surface area contributed by atoms with Gasteiger partial charge in [-0.3, -0.25) is 0 Å². The molecule has 1 aromatic heterocycles. The molecule has 1 aliphatic heterocycles. The molecule has 2 heterocycles. The largest absolute Gasteiger partial charge is 0.375 e. The first kappa shape index (κ1) is 11.9. The topological polar surface area (TPSA) is 25.4 Å². The van der Waals surface area contributed by atoms with Crippen molar-refractivity contribution in [3.63, 3.8) is 0 Å². The molecule has 0 radical (unpaired) electrons. The second-order valence-corrected chi connectivity index (χ2v) is 5.32. The fourth-order valence-electron chi connectivity index (χ4n) is 1.94. The van der Waals surface area contributed by atoms with Gasteiger partial charge in [0.05, 0.1) is 23.2 Å². The fourth-order valence-corrected chi connectivity index (χ4v) is 2.63. The number of aromatic nitrogens is 1. The van der Waals surface area contributed by atoms with Gasteiger partial charge in [0, 0.05) is 12.7 Å². The molecule has 3 nitrogen and oxygen atoms in total. The molecule has 0 bridgehead atoms. The molecule has 16 heavy (non-hydrogen) atoms. The van der Waals surface area contributed by atoms with Crippen molar-refractivity contribution in [1.29, 1.82) is 0 Å². The zero-order valence-corrected chi connectivity index (χ0v) is 11.5. The Balaban J connectivity index is 2.28. The van der Waals surface area contributed by atoms with Gasteiger partial charge in [-0.2, -0.15) is 0 Å². The van der Waals surface area contributed by atoms with Gasteiger partial charge in [0.2, 0.25) is 0 Å². The van der Waals surface area contributed by atoms with E-state index >= 15 is 0 Å². The van der Waals surface area contributed by atoms with Gasteiger partial charge in [-0.05, 0) is 48.3 Å². The highest BCUT2D eigenvalue weighted by molar-refractivity contribution is 9.10. The highest BCUT2D eigenvalue weighted by Gasteiger charge is 2.25. The summed E-state index contributed by atoms with van der Waals surface area (Å²) in [5.74, 6) is 1.02. The average Bonchev–Trinajstić information content (AvgIpc) is 2.22. The molecule has 1 fully saturated rings. The van der Waals surface area contributed by atoms with Gasteiger partial charge in [0.25, 0.3) is 0 Å². The maximum absolute atomic E-state index is 5.62. The van der Waals surface area contributed by atoms with Crippen LogP contribution in [0.15, 0.2) is 16.7 Å². The van der Waals surface area contributed by atoms with E-state index in [1.165, 1.54) is 5.56 Å². The van der Waals surface area contributed by atoms with Crippen LogP contribution in [0.5, 0.6) is 0 Å². The van der Waals surface area contributed by atoms with Gasteiger partial charge in [-0.15, -0.1) is 0 Å². The summed E-state index contributed by atoms with van der Waals surface area (Å²) in [7, 11) is 0. The van der Waals surface area contributed by atoms with Crippen molar-refractivity contribution < 1.29 is 4.74 Å². The molecule has 0 aromatic carbocycles. The van der Waals surface area contributed by atoms with Crippen molar-refractivity contribution in [3.8, 4) is 0 Å². The Morgan fingerprint density at radius 1 is 1.50 bits per heavy atom. The number of morpholine rings is 1. The summed E-state index contributed by atoms with van der Waals surface area (Å²) >= 11 is 3.59. The van der Waals surface area contributed by atoms with E-state index in [4.69, 9.17) is 4.74 Å². The van der Waals surface area contributed by atoms with E-state index in [9.17, 15) is 0 Å². The molecule has 4 heteroatoms. The second kappa shape index (κ2) is 4.72. The summed E-state index contributed by atoms with van der Waals surface area (Å²) in [6.07, 6.45) is 2.18. The Morgan fingerprint density at radius 3 is 2.94 bits per heavy atom. The summed E-state index contributed by atoms with van der Waals surface area (Å²) in [5, 5.41) is 0. The van der Waals surface area contributed by atoms with Crippen molar-refractivity contribution >= 4 is 21.7 Å². The van der Waals surface area contributed by atoms with Crippen LogP contribution in [0.3, 0.4) is 0 Å². The molecule has 0 spiro atoms. The summed E-state index contributed by atoms with van der Waals surface area (Å²) in [4.78, 5) is 6.81. The van der Waals surface area contributed by atoms with Gasteiger partial charge in [0.1, 0.15) is 5.82 Å². The third kappa shape index (κ3) is 2.38. The number of rotatable bonds is 1. The van der Waals surface area contributed by atoms with Crippen LogP contribution in [0, 0.1) is 6.92 Å². The number of hydrogen-bond donors (Lipinski definition) is 0. The Hall–Kier alpha value is -0.610. The maximum Gasteiger partial charge on any atom is 0.143 e. The van der Waals surface area contributed by atoms with E-state index in [0.29, 0.717) is 6.04 Å². The van der Waals surface area contributed by atoms with Crippen LogP contribution in [0.1, 0.15) is 19.4 Å². The molecular formula is C12H17BrN2O. The Labute approximate surface area is 105 Å². The number of hydrogen-bond acceptors (Lipinski definition) is 3. The van der Waals surface area contributed by atoms with Crippen molar-refractivity contribution in [2.45, 2.75) is 32.9 Å². The molecule has 2 unspecified atom stereocenters. The molecule has 1 aromatic rings. The highest BCUT2D eigenvalue weighted by Crippen LogP contribution is 2.28. The molecule has 2 atom stereocenters. The van der Waals surface area contributed by atoms with Gasteiger partial charge in [-0.1, -0.05) is 0 Å². The van der Waals surface area contributed by atoms with Crippen LogP contribution >= 0.6 is 15.9 Å². The zero-order chi connectivity index (χ0) is 11.7. The molecule has 0 N–H and O–H groups in total. The van der Waals surface area contributed by atoms with Crippen LogP contribution < -0.4 is 4.90 Å². The first-order valence-electron chi connectivity index (χ1n) is 5.58. The summed E-state index contributed by atoms with van der Waals surface area (Å²) in [6, 6.07) is 2.48. The van der Waals surface area contributed by atoms with E-state index in [-0.39, 0.29) is 6.10 Å². The molecule has 1 aliphatic rings. The molecule has 0 saturated carbocycles. The van der Waals surface area contributed by atoms with Crippen molar-refractivity contribution in [2.24, 2.45) is 0 Å². The average molecular weight is 285 g/mol. The SMILES string of the molecule is Cc1cnc(N2CC(C)OCC2C)c(Br)c1. The Morgan fingerprint density at radius 2 is 2.25 bits per heavy atom. The number of anilines is 1. The Bertz CT molecular complexity index is 383. The molecule has 0 aliphatic carbocycles. The molecule has 2 rings (SSSR count). The monoisotopic (exact) mass is 284 g/mol. The van der Waals surface area contributed by atoms with E-state index in [0.717, 1.165) is 23.4 Å². The first-order chi connectivity index (χ1) is 7.58. The van der Waals surface area contributed by atoms with E-state index < -0.39 is 0 Å². The van der Waals surface area contributed by atoms with Crippen molar-refractivity contribution in [3.05, 3.63) is 22.3 Å².